The number of aliphatic hydroxyl groups excluding tert-OH is 1. The molecule has 176 valence electrons. The molecule has 2 aromatic rings. The van der Waals surface area contributed by atoms with Crippen molar-refractivity contribution in [3.05, 3.63) is 41.7 Å². The van der Waals surface area contributed by atoms with Crippen molar-refractivity contribution in [2.75, 3.05) is 26.7 Å². The summed E-state index contributed by atoms with van der Waals surface area (Å²) in [7, 11) is 2.03. The van der Waals surface area contributed by atoms with Gasteiger partial charge < -0.3 is 10.0 Å². The highest BCUT2D eigenvalue weighted by Crippen LogP contribution is 2.38. The van der Waals surface area contributed by atoms with Crippen molar-refractivity contribution in [1.82, 2.24) is 25.0 Å². The summed E-state index contributed by atoms with van der Waals surface area (Å²) >= 11 is 0. The fraction of sp³-hybridized carbons (Fsp3) is 0.500. The molecule has 1 saturated heterocycles. The molecule has 1 fully saturated rings. The van der Waals surface area contributed by atoms with Gasteiger partial charge in [0.1, 0.15) is 12.6 Å². The van der Waals surface area contributed by atoms with E-state index < -0.39 is 35.3 Å². The van der Waals surface area contributed by atoms with Crippen molar-refractivity contribution in [2.24, 2.45) is 5.92 Å². The third-order valence-corrected chi connectivity index (χ3v) is 5.11. The Bertz CT molecular complexity index is 907. The molecular formula is C20H23F6N5O. The van der Waals surface area contributed by atoms with Crippen molar-refractivity contribution < 1.29 is 31.4 Å². The van der Waals surface area contributed by atoms with Gasteiger partial charge in [0, 0.05) is 24.9 Å². The molecule has 0 saturated carbocycles. The van der Waals surface area contributed by atoms with Crippen LogP contribution in [0, 0.1) is 5.92 Å². The Morgan fingerprint density at radius 2 is 1.81 bits per heavy atom. The number of rotatable bonds is 6. The SMILES string of the molecule is CN1CCCC(CNC(O)C=Cn2cnc(-c3cc(C(F)(F)F)cc(C(F)(F)F)c3)n2)C1. The lowest BCUT2D eigenvalue weighted by molar-refractivity contribution is -0.143. The first-order valence-corrected chi connectivity index (χ1v) is 9.91. The average molecular weight is 463 g/mol. The van der Waals surface area contributed by atoms with Gasteiger partial charge in [0.05, 0.1) is 11.1 Å². The number of nitrogens with zero attached hydrogens (tertiary/aromatic N) is 4. The summed E-state index contributed by atoms with van der Waals surface area (Å²) in [6.07, 6.45) is -4.97. The second-order valence-corrected chi connectivity index (χ2v) is 7.81. The summed E-state index contributed by atoms with van der Waals surface area (Å²) in [5, 5.41) is 16.9. The number of hydrogen-bond acceptors (Lipinski definition) is 5. The van der Waals surface area contributed by atoms with Gasteiger partial charge >= 0.3 is 12.4 Å². The number of piperidine rings is 1. The number of alkyl halides is 6. The average Bonchev–Trinajstić information content (AvgIpc) is 3.18. The fourth-order valence-electron chi connectivity index (χ4n) is 3.53. The van der Waals surface area contributed by atoms with Crippen molar-refractivity contribution in [2.45, 2.75) is 31.4 Å². The maximum Gasteiger partial charge on any atom is 0.416 e. The van der Waals surface area contributed by atoms with Crippen LogP contribution in [0.1, 0.15) is 24.0 Å². The van der Waals surface area contributed by atoms with Gasteiger partial charge in [-0.25, -0.2) is 9.67 Å². The molecule has 1 aliphatic rings. The highest BCUT2D eigenvalue weighted by Gasteiger charge is 2.37. The molecule has 2 N–H and O–H groups in total. The highest BCUT2D eigenvalue weighted by atomic mass is 19.4. The second kappa shape index (κ2) is 9.59. The second-order valence-electron chi connectivity index (χ2n) is 7.81. The molecule has 0 spiro atoms. The van der Waals surface area contributed by atoms with Crippen LogP contribution in [0.3, 0.4) is 0 Å². The first-order chi connectivity index (χ1) is 14.9. The Balaban J connectivity index is 1.69. The van der Waals surface area contributed by atoms with Gasteiger partial charge in [-0.2, -0.15) is 26.3 Å². The van der Waals surface area contributed by atoms with E-state index >= 15 is 0 Å². The number of aromatic nitrogens is 3. The Morgan fingerprint density at radius 3 is 2.41 bits per heavy atom. The lowest BCUT2D eigenvalue weighted by Gasteiger charge is -2.30. The lowest BCUT2D eigenvalue weighted by Crippen LogP contribution is -2.40. The zero-order valence-electron chi connectivity index (χ0n) is 17.2. The van der Waals surface area contributed by atoms with Crippen LogP contribution in [0.15, 0.2) is 30.6 Å². The van der Waals surface area contributed by atoms with Crippen molar-refractivity contribution in [1.29, 1.82) is 0 Å². The minimum Gasteiger partial charge on any atom is -0.375 e. The first-order valence-electron chi connectivity index (χ1n) is 9.91. The maximum atomic E-state index is 13.0. The molecule has 2 heterocycles. The summed E-state index contributed by atoms with van der Waals surface area (Å²) in [5.74, 6) is 0.0949. The summed E-state index contributed by atoms with van der Waals surface area (Å²) in [6.45, 7) is 2.57. The number of halogens is 6. The van der Waals surface area contributed by atoms with E-state index in [1.807, 2.05) is 7.05 Å². The topological polar surface area (TPSA) is 66.2 Å². The Kier molecular flexibility index (Phi) is 7.25. The van der Waals surface area contributed by atoms with Crippen LogP contribution in [0.25, 0.3) is 17.6 Å². The molecule has 3 rings (SSSR count). The van der Waals surface area contributed by atoms with E-state index in [2.05, 4.69) is 20.3 Å². The molecular weight excluding hydrogens is 440 g/mol. The third kappa shape index (κ3) is 6.53. The van der Waals surface area contributed by atoms with Crippen LogP contribution >= 0.6 is 0 Å². The van der Waals surface area contributed by atoms with Gasteiger partial charge in [-0.1, -0.05) is 0 Å². The van der Waals surface area contributed by atoms with Crippen LogP contribution in [-0.4, -0.2) is 57.7 Å². The van der Waals surface area contributed by atoms with E-state index in [-0.39, 0.29) is 11.9 Å². The largest absolute Gasteiger partial charge is 0.416 e. The zero-order valence-corrected chi connectivity index (χ0v) is 17.2. The number of nitrogens with one attached hydrogen (secondary N) is 1. The standard InChI is InChI=1S/C20H23F6N5O/c1-30-5-2-3-13(11-30)10-27-17(32)4-6-31-12-28-18(29-31)14-7-15(19(21,22)23)9-16(8-14)20(24,25)26/h4,6-9,12-13,17,27,32H,2-3,5,10-11H2,1H3. The van der Waals surface area contributed by atoms with Crippen LogP contribution < -0.4 is 5.32 Å². The lowest BCUT2D eigenvalue weighted by atomic mass is 9.98. The molecule has 2 atom stereocenters. The molecule has 32 heavy (non-hydrogen) atoms. The molecule has 1 aromatic carbocycles. The number of likely N-dealkylation sites (tertiary alicyclic amines) is 1. The van der Waals surface area contributed by atoms with Gasteiger partial charge in [-0.15, -0.1) is 5.10 Å². The Morgan fingerprint density at radius 1 is 1.16 bits per heavy atom. The van der Waals surface area contributed by atoms with Gasteiger partial charge in [0.15, 0.2) is 5.82 Å². The van der Waals surface area contributed by atoms with Gasteiger partial charge in [0.25, 0.3) is 0 Å². The van der Waals surface area contributed by atoms with Crippen molar-refractivity contribution >= 4 is 6.20 Å². The van der Waals surface area contributed by atoms with Crippen molar-refractivity contribution in [3.63, 3.8) is 0 Å². The van der Waals surface area contributed by atoms with Gasteiger partial charge in [0.2, 0.25) is 0 Å². The van der Waals surface area contributed by atoms with E-state index in [0.29, 0.717) is 24.6 Å². The highest BCUT2D eigenvalue weighted by molar-refractivity contribution is 5.58. The Hall–Kier alpha value is -2.44. The zero-order chi connectivity index (χ0) is 23.5. The van der Waals surface area contributed by atoms with Crippen LogP contribution in [0.4, 0.5) is 26.3 Å². The van der Waals surface area contributed by atoms with Gasteiger partial charge in [-0.3, -0.25) is 5.32 Å². The number of benzene rings is 1. The first kappa shape index (κ1) is 24.2. The summed E-state index contributed by atoms with van der Waals surface area (Å²) in [6, 6.07) is 1.18. The van der Waals surface area contributed by atoms with Crippen molar-refractivity contribution in [3.8, 4) is 11.4 Å². The smallest absolute Gasteiger partial charge is 0.375 e. The summed E-state index contributed by atoms with van der Waals surface area (Å²) in [4.78, 5) is 6.01. The molecule has 2 unspecified atom stereocenters. The minimum atomic E-state index is -4.96. The molecule has 0 radical (unpaired) electrons. The quantitative estimate of drug-likeness (QED) is 0.505. The summed E-state index contributed by atoms with van der Waals surface area (Å²) in [5.41, 5.74) is -3.30. The summed E-state index contributed by atoms with van der Waals surface area (Å²) < 4.78 is 79.3. The monoisotopic (exact) mass is 463 g/mol. The molecule has 12 heteroatoms. The Labute approximate surface area is 180 Å². The minimum absolute atomic E-state index is 0.0481. The van der Waals surface area contributed by atoms with E-state index in [9.17, 15) is 31.4 Å². The third-order valence-electron chi connectivity index (χ3n) is 5.11. The van der Waals surface area contributed by atoms with Crippen LogP contribution in [0.2, 0.25) is 0 Å². The predicted octanol–water partition coefficient (Wildman–Crippen LogP) is 3.70. The molecule has 0 aliphatic carbocycles. The number of hydrogen-bond donors (Lipinski definition) is 2. The number of aliphatic hydroxyl groups is 1. The molecule has 1 aromatic heterocycles. The molecule has 0 amide bonds. The van der Waals surface area contributed by atoms with E-state index in [1.165, 1.54) is 12.3 Å². The maximum absolute atomic E-state index is 13.0. The molecule has 0 bridgehead atoms. The van der Waals surface area contributed by atoms with E-state index in [1.54, 1.807) is 0 Å². The van der Waals surface area contributed by atoms with E-state index in [0.717, 1.165) is 36.9 Å². The molecule has 1 aliphatic heterocycles. The predicted molar refractivity (Wildman–Crippen MR) is 105 cm³/mol. The normalized spacial score (nSPS) is 19.6. The molecule has 6 nitrogen and oxygen atoms in total. The van der Waals surface area contributed by atoms with Gasteiger partial charge in [-0.05, 0) is 56.6 Å². The fourth-order valence-corrected chi connectivity index (χ4v) is 3.53. The van der Waals surface area contributed by atoms with Crippen LogP contribution in [0.5, 0.6) is 0 Å². The van der Waals surface area contributed by atoms with Crippen LogP contribution in [-0.2, 0) is 12.4 Å². The van der Waals surface area contributed by atoms with E-state index in [4.69, 9.17) is 0 Å².